The number of ketones is 1. The highest BCUT2D eigenvalue weighted by Gasteiger charge is 2.07. The maximum absolute atomic E-state index is 11.4. The van der Waals surface area contributed by atoms with E-state index in [4.69, 9.17) is 10.2 Å². The van der Waals surface area contributed by atoms with Crippen LogP contribution in [0.2, 0.25) is 0 Å². The minimum absolute atomic E-state index is 0.0284. The zero-order chi connectivity index (χ0) is 11.5. The Hall–Kier alpha value is -1.87. The standard InChI is InChI=1S/C13H13NO2/c1-9-5-6-13(16-9)11-4-2-3-10(7-11)12(15)8-14/h2-7H,8,14H2,1H3. The highest BCUT2D eigenvalue weighted by Crippen LogP contribution is 2.22. The van der Waals surface area contributed by atoms with Crippen molar-refractivity contribution < 1.29 is 9.21 Å². The Morgan fingerprint density at radius 3 is 2.75 bits per heavy atom. The van der Waals surface area contributed by atoms with Crippen LogP contribution in [0.25, 0.3) is 11.3 Å². The van der Waals surface area contributed by atoms with Crippen LogP contribution in [0.5, 0.6) is 0 Å². The van der Waals surface area contributed by atoms with Crippen molar-refractivity contribution in [3.63, 3.8) is 0 Å². The monoisotopic (exact) mass is 215 g/mol. The summed E-state index contributed by atoms with van der Waals surface area (Å²) in [7, 11) is 0. The fourth-order valence-corrected chi connectivity index (χ4v) is 1.55. The van der Waals surface area contributed by atoms with Gasteiger partial charge >= 0.3 is 0 Å². The molecule has 2 rings (SSSR count). The predicted octanol–water partition coefficient (Wildman–Crippen LogP) is 2.40. The molecule has 0 unspecified atom stereocenters. The largest absolute Gasteiger partial charge is 0.461 e. The Balaban J connectivity index is 2.39. The Morgan fingerprint density at radius 2 is 2.12 bits per heavy atom. The molecular weight excluding hydrogens is 202 g/mol. The van der Waals surface area contributed by atoms with E-state index in [1.807, 2.05) is 31.2 Å². The summed E-state index contributed by atoms with van der Waals surface area (Å²) in [6.45, 7) is 1.92. The summed E-state index contributed by atoms with van der Waals surface area (Å²) in [4.78, 5) is 11.4. The van der Waals surface area contributed by atoms with Crippen molar-refractivity contribution in [2.75, 3.05) is 6.54 Å². The van der Waals surface area contributed by atoms with E-state index in [9.17, 15) is 4.79 Å². The average Bonchev–Trinajstić information content (AvgIpc) is 2.75. The van der Waals surface area contributed by atoms with E-state index in [0.717, 1.165) is 17.1 Å². The first-order valence-corrected chi connectivity index (χ1v) is 5.11. The smallest absolute Gasteiger partial charge is 0.176 e. The van der Waals surface area contributed by atoms with Gasteiger partial charge in [0.2, 0.25) is 0 Å². The Bertz CT molecular complexity index is 514. The first-order chi connectivity index (χ1) is 7.70. The van der Waals surface area contributed by atoms with Crippen LogP contribution in [0.3, 0.4) is 0 Å². The van der Waals surface area contributed by atoms with Gasteiger partial charge < -0.3 is 10.2 Å². The third-order valence-corrected chi connectivity index (χ3v) is 2.39. The van der Waals surface area contributed by atoms with Gasteiger partial charge in [0, 0.05) is 11.1 Å². The van der Waals surface area contributed by atoms with Crippen molar-refractivity contribution in [2.24, 2.45) is 5.73 Å². The molecule has 0 aliphatic rings. The first-order valence-electron chi connectivity index (χ1n) is 5.11. The third kappa shape index (κ3) is 2.04. The number of furan rings is 1. The molecule has 1 aromatic carbocycles. The molecule has 0 fully saturated rings. The van der Waals surface area contributed by atoms with Crippen LogP contribution in [-0.2, 0) is 0 Å². The summed E-state index contributed by atoms with van der Waals surface area (Å²) in [5, 5.41) is 0. The van der Waals surface area contributed by atoms with Crippen molar-refractivity contribution >= 4 is 5.78 Å². The second-order valence-electron chi connectivity index (χ2n) is 3.62. The fraction of sp³-hybridized carbons (Fsp3) is 0.154. The summed E-state index contributed by atoms with van der Waals surface area (Å²) >= 11 is 0. The van der Waals surface area contributed by atoms with Crippen LogP contribution < -0.4 is 5.73 Å². The molecule has 0 spiro atoms. The Morgan fingerprint density at radius 1 is 1.31 bits per heavy atom. The second kappa shape index (κ2) is 4.33. The van der Waals surface area contributed by atoms with Crippen LogP contribution in [-0.4, -0.2) is 12.3 Å². The molecule has 0 saturated carbocycles. The summed E-state index contributed by atoms with van der Waals surface area (Å²) in [6, 6.07) is 11.1. The Labute approximate surface area is 93.9 Å². The van der Waals surface area contributed by atoms with Gasteiger partial charge in [-0.2, -0.15) is 0 Å². The van der Waals surface area contributed by atoms with Crippen molar-refractivity contribution in [2.45, 2.75) is 6.92 Å². The summed E-state index contributed by atoms with van der Waals surface area (Å²) < 4.78 is 5.50. The van der Waals surface area contributed by atoms with E-state index in [0.29, 0.717) is 5.56 Å². The molecule has 1 aromatic heterocycles. The van der Waals surface area contributed by atoms with Crippen LogP contribution >= 0.6 is 0 Å². The van der Waals surface area contributed by atoms with Gasteiger partial charge in [0.05, 0.1) is 6.54 Å². The zero-order valence-electron chi connectivity index (χ0n) is 9.07. The number of carbonyl (C=O) groups excluding carboxylic acids is 1. The molecule has 2 aromatic rings. The molecule has 82 valence electrons. The lowest BCUT2D eigenvalue weighted by Crippen LogP contribution is -2.13. The molecule has 0 amide bonds. The molecular formula is C13H13NO2. The predicted molar refractivity (Wildman–Crippen MR) is 62.3 cm³/mol. The number of aryl methyl sites for hydroxylation is 1. The first kappa shape index (κ1) is 10.6. The molecule has 3 heteroatoms. The van der Waals surface area contributed by atoms with Gasteiger partial charge in [0.1, 0.15) is 11.5 Å². The number of hydrogen-bond acceptors (Lipinski definition) is 3. The van der Waals surface area contributed by atoms with Crippen molar-refractivity contribution in [3.8, 4) is 11.3 Å². The van der Waals surface area contributed by atoms with E-state index < -0.39 is 0 Å². The van der Waals surface area contributed by atoms with Gasteiger partial charge in [-0.15, -0.1) is 0 Å². The van der Waals surface area contributed by atoms with Gasteiger partial charge in [-0.05, 0) is 25.1 Å². The highest BCUT2D eigenvalue weighted by atomic mass is 16.3. The van der Waals surface area contributed by atoms with Crippen LogP contribution in [0.4, 0.5) is 0 Å². The third-order valence-electron chi connectivity index (χ3n) is 2.39. The summed E-state index contributed by atoms with van der Waals surface area (Å²) in [6.07, 6.45) is 0. The fourth-order valence-electron chi connectivity index (χ4n) is 1.55. The van der Waals surface area contributed by atoms with E-state index in [1.54, 1.807) is 12.1 Å². The quantitative estimate of drug-likeness (QED) is 0.800. The maximum Gasteiger partial charge on any atom is 0.176 e. The normalized spacial score (nSPS) is 10.4. The van der Waals surface area contributed by atoms with Crippen LogP contribution in [0.1, 0.15) is 16.1 Å². The number of hydrogen-bond donors (Lipinski definition) is 1. The van der Waals surface area contributed by atoms with Gasteiger partial charge in [0.25, 0.3) is 0 Å². The van der Waals surface area contributed by atoms with Crippen molar-refractivity contribution in [1.82, 2.24) is 0 Å². The number of rotatable bonds is 3. The van der Waals surface area contributed by atoms with Gasteiger partial charge in [0.15, 0.2) is 5.78 Å². The molecule has 3 nitrogen and oxygen atoms in total. The average molecular weight is 215 g/mol. The molecule has 16 heavy (non-hydrogen) atoms. The van der Waals surface area contributed by atoms with Gasteiger partial charge in [-0.3, -0.25) is 4.79 Å². The molecule has 0 radical (unpaired) electrons. The minimum atomic E-state index is -0.0647. The van der Waals surface area contributed by atoms with E-state index >= 15 is 0 Å². The molecule has 0 aliphatic carbocycles. The molecule has 0 bridgehead atoms. The number of nitrogens with two attached hydrogens (primary N) is 1. The van der Waals surface area contributed by atoms with E-state index in [-0.39, 0.29) is 12.3 Å². The summed E-state index contributed by atoms with van der Waals surface area (Å²) in [5.41, 5.74) is 6.84. The number of carbonyl (C=O) groups is 1. The lowest BCUT2D eigenvalue weighted by Gasteiger charge is -2.01. The SMILES string of the molecule is Cc1ccc(-c2cccc(C(=O)CN)c2)o1. The Kier molecular flexibility index (Phi) is 2.88. The van der Waals surface area contributed by atoms with Crippen LogP contribution in [0.15, 0.2) is 40.8 Å². The topological polar surface area (TPSA) is 56.2 Å². The molecule has 1 heterocycles. The molecule has 0 aliphatic heterocycles. The zero-order valence-corrected chi connectivity index (χ0v) is 9.07. The van der Waals surface area contributed by atoms with Crippen molar-refractivity contribution in [1.29, 1.82) is 0 Å². The number of Topliss-reactive ketones (excluding diaryl/α,β-unsaturated/α-hetero) is 1. The number of benzene rings is 1. The minimum Gasteiger partial charge on any atom is -0.461 e. The summed E-state index contributed by atoms with van der Waals surface area (Å²) in [5.74, 6) is 1.56. The molecule has 0 atom stereocenters. The van der Waals surface area contributed by atoms with Crippen LogP contribution in [0, 0.1) is 6.92 Å². The van der Waals surface area contributed by atoms with Gasteiger partial charge in [-0.25, -0.2) is 0 Å². The molecule has 0 saturated heterocycles. The van der Waals surface area contributed by atoms with E-state index in [1.165, 1.54) is 0 Å². The lowest BCUT2D eigenvalue weighted by molar-refractivity contribution is 0.100. The highest BCUT2D eigenvalue weighted by molar-refractivity contribution is 5.98. The lowest BCUT2D eigenvalue weighted by atomic mass is 10.1. The molecule has 2 N–H and O–H groups in total. The van der Waals surface area contributed by atoms with E-state index in [2.05, 4.69) is 0 Å². The van der Waals surface area contributed by atoms with Crippen molar-refractivity contribution in [3.05, 3.63) is 47.7 Å². The second-order valence-corrected chi connectivity index (χ2v) is 3.62. The van der Waals surface area contributed by atoms with Gasteiger partial charge in [-0.1, -0.05) is 18.2 Å². The maximum atomic E-state index is 11.4.